The van der Waals surface area contributed by atoms with Gasteiger partial charge in [-0.2, -0.15) is 0 Å². The summed E-state index contributed by atoms with van der Waals surface area (Å²) in [7, 11) is 1.59. The van der Waals surface area contributed by atoms with Crippen LogP contribution < -0.4 is 4.74 Å². The average molecular weight is 646 g/mol. The standard InChI is InChI=1S/C31H40ClN5O8/c1-45-24-4-2-21-15-25-26(32)5-3-22(31(25)33-27(21)16-24)14-23(38)17-34-6-8-35(18-28(39)40)10-12-37(20-30(43)44)13-11-36(9-7-34)19-29(41)42/h2-5,15-16,23,38H,6-14,17-20H2,1H3,(H,39,40)(H,41,42)(H,43,44). The zero-order valence-electron chi connectivity index (χ0n) is 25.3. The predicted octanol–water partition coefficient (Wildman–Crippen LogP) is 1.43. The highest BCUT2D eigenvalue weighted by Crippen LogP contribution is 2.30. The molecule has 0 radical (unpaired) electrons. The number of pyridine rings is 1. The Morgan fingerprint density at radius 1 is 0.800 bits per heavy atom. The van der Waals surface area contributed by atoms with Crippen LogP contribution in [0, 0.1) is 0 Å². The maximum Gasteiger partial charge on any atom is 0.317 e. The van der Waals surface area contributed by atoms with Gasteiger partial charge < -0.3 is 25.2 Å². The molecule has 14 heteroatoms. The molecule has 0 aliphatic carbocycles. The summed E-state index contributed by atoms with van der Waals surface area (Å²) in [5.41, 5.74) is 2.24. The van der Waals surface area contributed by atoms with Crippen molar-refractivity contribution in [2.45, 2.75) is 12.5 Å². The van der Waals surface area contributed by atoms with Gasteiger partial charge in [0.2, 0.25) is 0 Å². The minimum atomic E-state index is -1.01. The number of aliphatic hydroxyl groups excluding tert-OH is 1. The van der Waals surface area contributed by atoms with Gasteiger partial charge in [-0.05, 0) is 29.8 Å². The van der Waals surface area contributed by atoms with Crippen LogP contribution in [0.25, 0.3) is 21.8 Å². The fraction of sp³-hybridized carbons (Fsp3) is 0.484. The van der Waals surface area contributed by atoms with Crippen LogP contribution in [0.15, 0.2) is 36.4 Å². The molecule has 13 nitrogen and oxygen atoms in total. The molecule has 2 aromatic carbocycles. The lowest BCUT2D eigenvalue weighted by Gasteiger charge is -2.33. The minimum Gasteiger partial charge on any atom is -0.497 e. The van der Waals surface area contributed by atoms with Gasteiger partial charge in [-0.25, -0.2) is 4.98 Å². The summed E-state index contributed by atoms with van der Waals surface area (Å²) in [6, 6.07) is 11.2. The van der Waals surface area contributed by atoms with Crippen LogP contribution in [0.1, 0.15) is 5.56 Å². The summed E-state index contributed by atoms with van der Waals surface area (Å²) in [4.78, 5) is 46.6. The number of ether oxygens (including phenoxy) is 1. The number of aromatic nitrogens is 1. The summed E-state index contributed by atoms with van der Waals surface area (Å²) < 4.78 is 5.36. The number of nitrogens with zero attached hydrogens (tertiary/aromatic N) is 5. The molecular weight excluding hydrogens is 606 g/mol. The van der Waals surface area contributed by atoms with Crippen LogP contribution in [0.4, 0.5) is 0 Å². The average Bonchev–Trinajstić information content (AvgIpc) is 2.98. The molecule has 244 valence electrons. The quantitative estimate of drug-likeness (QED) is 0.221. The molecular formula is C31H40ClN5O8. The lowest BCUT2D eigenvalue weighted by molar-refractivity contribution is -0.140. The van der Waals surface area contributed by atoms with Crippen molar-refractivity contribution in [1.82, 2.24) is 24.6 Å². The molecule has 1 aliphatic rings. The van der Waals surface area contributed by atoms with Gasteiger partial charge in [-0.15, -0.1) is 0 Å². The number of halogens is 1. The van der Waals surface area contributed by atoms with E-state index in [9.17, 15) is 34.8 Å². The highest BCUT2D eigenvalue weighted by atomic mass is 35.5. The molecule has 0 bridgehead atoms. The van der Waals surface area contributed by atoms with Crippen molar-refractivity contribution in [2.24, 2.45) is 0 Å². The van der Waals surface area contributed by atoms with Crippen LogP contribution in [-0.4, -0.2) is 155 Å². The topological polar surface area (TPSA) is 167 Å². The highest BCUT2D eigenvalue weighted by molar-refractivity contribution is 6.35. The summed E-state index contributed by atoms with van der Waals surface area (Å²) in [5, 5.41) is 41.8. The second kappa shape index (κ2) is 16.1. The lowest BCUT2D eigenvalue weighted by atomic mass is 10.0. The third kappa shape index (κ3) is 10.2. The number of carboxylic acids is 3. The number of carbonyl (C=O) groups is 3. The summed E-state index contributed by atoms with van der Waals surface area (Å²) >= 11 is 6.54. The number of β-amino-alcohol motifs (C(OH)–C–C–N with tert-alkyl or cyclic N) is 1. The maximum absolute atomic E-state index is 11.6. The Labute approximate surface area is 266 Å². The van der Waals surface area contributed by atoms with E-state index in [2.05, 4.69) is 0 Å². The van der Waals surface area contributed by atoms with E-state index in [0.29, 0.717) is 68.6 Å². The van der Waals surface area contributed by atoms with E-state index in [0.717, 1.165) is 21.9 Å². The van der Waals surface area contributed by atoms with Crippen molar-refractivity contribution < 1.29 is 39.5 Å². The Hall–Kier alpha value is -3.59. The van der Waals surface area contributed by atoms with E-state index in [1.165, 1.54) is 0 Å². The Morgan fingerprint density at radius 2 is 1.31 bits per heavy atom. The second-order valence-electron chi connectivity index (χ2n) is 11.3. The molecule has 0 spiro atoms. The van der Waals surface area contributed by atoms with Crippen molar-refractivity contribution in [3.05, 3.63) is 47.0 Å². The van der Waals surface area contributed by atoms with Gasteiger partial charge >= 0.3 is 17.9 Å². The van der Waals surface area contributed by atoms with Crippen molar-refractivity contribution >= 4 is 51.3 Å². The minimum absolute atomic E-state index is 0.205. The predicted molar refractivity (Wildman–Crippen MR) is 169 cm³/mol. The molecule has 45 heavy (non-hydrogen) atoms. The van der Waals surface area contributed by atoms with Gasteiger partial charge in [-0.1, -0.05) is 17.7 Å². The van der Waals surface area contributed by atoms with Crippen LogP contribution in [0.5, 0.6) is 5.75 Å². The van der Waals surface area contributed by atoms with Gasteiger partial charge in [0.05, 0.1) is 48.9 Å². The van der Waals surface area contributed by atoms with E-state index < -0.39 is 24.0 Å². The molecule has 2 heterocycles. The van der Waals surface area contributed by atoms with Crippen molar-refractivity contribution in [3.8, 4) is 5.75 Å². The number of benzene rings is 2. The first-order valence-electron chi connectivity index (χ1n) is 14.8. The largest absolute Gasteiger partial charge is 0.497 e. The first-order chi connectivity index (χ1) is 21.5. The normalized spacial score (nSPS) is 17.5. The van der Waals surface area contributed by atoms with E-state index in [-0.39, 0.29) is 32.6 Å². The van der Waals surface area contributed by atoms with Gasteiger partial charge in [0, 0.05) is 82.2 Å². The number of hydrogen-bond donors (Lipinski definition) is 4. The summed E-state index contributed by atoms with van der Waals surface area (Å²) in [6.07, 6.45) is -0.522. The first-order valence-corrected chi connectivity index (χ1v) is 15.2. The first kappa shape index (κ1) is 34.3. The zero-order valence-corrected chi connectivity index (χ0v) is 26.0. The molecule has 0 saturated carbocycles. The van der Waals surface area contributed by atoms with E-state index in [4.69, 9.17) is 21.3 Å². The van der Waals surface area contributed by atoms with Gasteiger partial charge in [-0.3, -0.25) is 34.0 Å². The van der Waals surface area contributed by atoms with Gasteiger partial charge in [0.15, 0.2) is 0 Å². The lowest BCUT2D eigenvalue weighted by Crippen LogP contribution is -2.49. The van der Waals surface area contributed by atoms with Crippen LogP contribution >= 0.6 is 11.6 Å². The van der Waals surface area contributed by atoms with E-state index >= 15 is 0 Å². The molecule has 1 fully saturated rings. The number of hydrogen-bond acceptors (Lipinski definition) is 10. The molecule has 4 N–H and O–H groups in total. The van der Waals surface area contributed by atoms with Crippen LogP contribution in [0.3, 0.4) is 0 Å². The van der Waals surface area contributed by atoms with Crippen LogP contribution in [0.2, 0.25) is 5.02 Å². The second-order valence-corrected chi connectivity index (χ2v) is 11.7. The molecule has 1 aromatic heterocycles. The maximum atomic E-state index is 11.6. The number of aliphatic carboxylic acids is 3. The van der Waals surface area contributed by atoms with Crippen LogP contribution in [-0.2, 0) is 20.8 Å². The molecule has 0 amide bonds. The molecule has 1 unspecified atom stereocenters. The number of fused-ring (bicyclic) bond motifs is 2. The Morgan fingerprint density at radius 3 is 1.80 bits per heavy atom. The fourth-order valence-electron chi connectivity index (χ4n) is 5.63. The Kier molecular flexibility index (Phi) is 12.3. The SMILES string of the molecule is COc1ccc2cc3c(Cl)ccc(CC(O)CN4CCN(CC(=O)O)CCN(CC(=O)O)CCN(CC(=O)O)CC4)c3nc2c1. The highest BCUT2D eigenvalue weighted by Gasteiger charge is 2.22. The van der Waals surface area contributed by atoms with Crippen molar-refractivity contribution in [3.63, 3.8) is 0 Å². The third-order valence-corrected chi connectivity index (χ3v) is 8.28. The third-order valence-electron chi connectivity index (χ3n) is 7.95. The monoisotopic (exact) mass is 645 g/mol. The van der Waals surface area contributed by atoms with Crippen molar-refractivity contribution in [1.29, 1.82) is 0 Å². The molecule has 1 atom stereocenters. The molecule has 3 aromatic rings. The summed E-state index contributed by atoms with van der Waals surface area (Å²) in [6.45, 7) is 2.52. The van der Waals surface area contributed by atoms with Gasteiger partial charge in [0.1, 0.15) is 5.75 Å². The molecule has 1 saturated heterocycles. The summed E-state index contributed by atoms with van der Waals surface area (Å²) in [5.74, 6) is -2.30. The Balaban J connectivity index is 1.53. The fourth-order valence-corrected chi connectivity index (χ4v) is 5.84. The molecule has 4 rings (SSSR count). The number of methoxy groups -OCH3 is 1. The number of carboxylic acid groups (broad SMARTS) is 3. The van der Waals surface area contributed by atoms with E-state index in [1.807, 2.05) is 35.2 Å². The smallest absolute Gasteiger partial charge is 0.317 e. The molecule has 1 aliphatic heterocycles. The number of rotatable bonds is 11. The van der Waals surface area contributed by atoms with Gasteiger partial charge in [0.25, 0.3) is 0 Å². The Bertz CT molecular complexity index is 1480. The van der Waals surface area contributed by atoms with E-state index in [1.54, 1.807) is 27.9 Å². The van der Waals surface area contributed by atoms with Crippen molar-refractivity contribution in [2.75, 3.05) is 85.6 Å². The number of aliphatic hydroxyl groups is 1. The zero-order chi connectivity index (χ0) is 32.5.